The van der Waals surface area contributed by atoms with Crippen LogP contribution in [0.25, 0.3) is 0 Å². The number of hydrogen-bond donors (Lipinski definition) is 1. The number of fused-ring (bicyclic) bond motifs is 1. The molecule has 2 aromatic rings. The van der Waals surface area contributed by atoms with Crippen LogP contribution in [0.1, 0.15) is 41.3 Å². The fourth-order valence-electron chi connectivity index (χ4n) is 2.88. The summed E-state index contributed by atoms with van der Waals surface area (Å²) in [5.74, 6) is -1.21. The highest BCUT2D eigenvalue weighted by atomic mass is 32.2. The molecule has 7 heteroatoms. The SMILES string of the molecule is CC(C)c1cc(C(=O)N2CS(=O)(=O)c3ccccc32)cc(C#N)c1O. The van der Waals surface area contributed by atoms with Crippen molar-refractivity contribution in [3.63, 3.8) is 0 Å². The number of nitriles is 1. The molecule has 0 fully saturated rings. The Balaban J connectivity index is 2.12. The van der Waals surface area contributed by atoms with Crippen LogP contribution in [0.5, 0.6) is 5.75 Å². The lowest BCUT2D eigenvalue weighted by Crippen LogP contribution is -2.30. The highest BCUT2D eigenvalue weighted by molar-refractivity contribution is 7.92. The Kier molecular flexibility index (Phi) is 4.01. The number of phenolic OH excluding ortho intramolecular Hbond substituents is 1. The molecule has 2 aromatic carbocycles. The van der Waals surface area contributed by atoms with Crippen molar-refractivity contribution in [2.75, 3.05) is 10.8 Å². The minimum absolute atomic E-state index is 0.00936. The van der Waals surface area contributed by atoms with Crippen LogP contribution in [-0.4, -0.2) is 25.3 Å². The van der Waals surface area contributed by atoms with Crippen molar-refractivity contribution >= 4 is 21.4 Å². The van der Waals surface area contributed by atoms with Gasteiger partial charge in [0.25, 0.3) is 5.91 Å². The van der Waals surface area contributed by atoms with E-state index in [1.807, 2.05) is 19.9 Å². The van der Waals surface area contributed by atoms with Crippen molar-refractivity contribution in [1.82, 2.24) is 0 Å². The van der Waals surface area contributed by atoms with E-state index in [0.717, 1.165) is 0 Å². The highest BCUT2D eigenvalue weighted by Crippen LogP contribution is 2.36. The maximum absolute atomic E-state index is 12.9. The zero-order chi connectivity index (χ0) is 18.4. The molecular formula is C18H16N2O4S. The van der Waals surface area contributed by atoms with E-state index in [9.17, 15) is 23.6 Å². The van der Waals surface area contributed by atoms with Crippen LogP contribution in [0.15, 0.2) is 41.3 Å². The van der Waals surface area contributed by atoms with Gasteiger partial charge in [-0.1, -0.05) is 26.0 Å². The standard InChI is InChI=1S/C18H16N2O4S/c1-11(2)14-8-12(7-13(9-19)17(14)21)18(22)20-10-25(23,24)16-6-4-3-5-15(16)20/h3-8,11,21H,10H2,1-2H3. The van der Waals surface area contributed by atoms with E-state index in [4.69, 9.17) is 0 Å². The number of benzene rings is 2. The first kappa shape index (κ1) is 17.0. The van der Waals surface area contributed by atoms with E-state index in [1.54, 1.807) is 18.2 Å². The van der Waals surface area contributed by atoms with Crippen molar-refractivity contribution in [1.29, 1.82) is 5.26 Å². The van der Waals surface area contributed by atoms with Crippen LogP contribution < -0.4 is 4.90 Å². The van der Waals surface area contributed by atoms with Crippen molar-refractivity contribution in [2.45, 2.75) is 24.7 Å². The third-order valence-corrected chi connectivity index (χ3v) is 5.78. The number of anilines is 1. The molecule has 1 aliphatic heterocycles. The van der Waals surface area contributed by atoms with E-state index in [-0.39, 0.29) is 27.7 Å². The average Bonchev–Trinajstić information content (AvgIpc) is 2.86. The van der Waals surface area contributed by atoms with Crippen molar-refractivity contribution in [3.8, 4) is 11.8 Å². The van der Waals surface area contributed by atoms with Gasteiger partial charge in [0.15, 0.2) is 9.84 Å². The zero-order valence-corrected chi connectivity index (χ0v) is 14.5. The number of sulfone groups is 1. The number of carbonyl (C=O) groups excluding carboxylic acids is 1. The zero-order valence-electron chi connectivity index (χ0n) is 13.7. The van der Waals surface area contributed by atoms with E-state index < -0.39 is 21.6 Å². The average molecular weight is 356 g/mol. The van der Waals surface area contributed by atoms with Crippen molar-refractivity contribution in [3.05, 3.63) is 53.1 Å². The second-order valence-corrected chi connectivity index (χ2v) is 8.10. The summed E-state index contributed by atoms with van der Waals surface area (Å²) >= 11 is 0. The minimum atomic E-state index is -3.57. The molecule has 0 saturated heterocycles. The second kappa shape index (κ2) is 5.90. The van der Waals surface area contributed by atoms with Gasteiger partial charge in [-0.25, -0.2) is 8.42 Å². The van der Waals surface area contributed by atoms with Crippen LogP contribution in [0.3, 0.4) is 0 Å². The van der Waals surface area contributed by atoms with Gasteiger partial charge in [-0.15, -0.1) is 0 Å². The van der Waals surface area contributed by atoms with E-state index in [0.29, 0.717) is 11.3 Å². The largest absolute Gasteiger partial charge is 0.506 e. The summed E-state index contributed by atoms with van der Waals surface area (Å²) in [5.41, 5.74) is 0.956. The normalized spacial score (nSPS) is 15.0. The molecule has 0 bridgehead atoms. The Morgan fingerprint density at radius 3 is 2.60 bits per heavy atom. The summed E-state index contributed by atoms with van der Waals surface area (Å²) in [4.78, 5) is 14.2. The quantitative estimate of drug-likeness (QED) is 0.892. The molecule has 3 rings (SSSR count). The fraction of sp³-hybridized carbons (Fsp3) is 0.222. The molecule has 1 N–H and O–H groups in total. The number of amides is 1. The third-order valence-electron chi connectivity index (χ3n) is 4.16. The smallest absolute Gasteiger partial charge is 0.259 e. The predicted octanol–water partition coefficient (Wildman–Crippen LogP) is 2.78. The molecule has 0 aromatic heterocycles. The Morgan fingerprint density at radius 1 is 1.28 bits per heavy atom. The first-order chi connectivity index (χ1) is 11.8. The Morgan fingerprint density at radius 2 is 1.96 bits per heavy atom. The lowest BCUT2D eigenvalue weighted by molar-refractivity contribution is 0.0991. The molecule has 25 heavy (non-hydrogen) atoms. The second-order valence-electron chi connectivity index (χ2n) is 6.17. The molecule has 0 radical (unpaired) electrons. The molecular weight excluding hydrogens is 340 g/mol. The maximum atomic E-state index is 12.9. The lowest BCUT2D eigenvalue weighted by atomic mass is 9.96. The number of para-hydroxylation sites is 1. The molecule has 1 heterocycles. The predicted molar refractivity (Wildman–Crippen MR) is 92.2 cm³/mol. The summed E-state index contributed by atoms with van der Waals surface area (Å²) in [6.45, 7) is 3.67. The molecule has 0 atom stereocenters. The molecule has 0 unspecified atom stereocenters. The molecule has 128 valence electrons. The topological polar surface area (TPSA) is 98.5 Å². The molecule has 1 amide bonds. The molecule has 0 aliphatic carbocycles. The Labute approximate surface area is 145 Å². The molecule has 1 aliphatic rings. The number of phenols is 1. The van der Waals surface area contributed by atoms with Gasteiger partial charge in [0.1, 0.15) is 17.7 Å². The van der Waals surface area contributed by atoms with E-state index in [1.165, 1.54) is 23.1 Å². The van der Waals surface area contributed by atoms with Gasteiger partial charge in [0.2, 0.25) is 0 Å². The molecule has 0 saturated carbocycles. The van der Waals surface area contributed by atoms with E-state index >= 15 is 0 Å². The summed E-state index contributed by atoms with van der Waals surface area (Å²) < 4.78 is 24.5. The van der Waals surface area contributed by atoms with Crippen LogP contribution in [-0.2, 0) is 9.84 Å². The third kappa shape index (κ3) is 2.75. The van der Waals surface area contributed by atoms with Gasteiger partial charge < -0.3 is 5.11 Å². The number of carbonyl (C=O) groups is 1. The van der Waals surface area contributed by atoms with Crippen molar-refractivity contribution in [2.24, 2.45) is 0 Å². The van der Waals surface area contributed by atoms with Crippen LogP contribution in [0.4, 0.5) is 5.69 Å². The number of hydrogen-bond acceptors (Lipinski definition) is 5. The summed E-state index contributed by atoms with van der Waals surface area (Å²) in [6.07, 6.45) is 0. The number of nitrogens with zero attached hydrogens (tertiary/aromatic N) is 2. The number of aromatic hydroxyl groups is 1. The van der Waals surface area contributed by atoms with Gasteiger partial charge >= 0.3 is 0 Å². The summed E-state index contributed by atoms with van der Waals surface area (Å²) in [6, 6.07) is 11.0. The van der Waals surface area contributed by atoms with Gasteiger partial charge in [0, 0.05) is 5.56 Å². The molecule has 6 nitrogen and oxygen atoms in total. The van der Waals surface area contributed by atoms with Crippen LogP contribution >= 0.6 is 0 Å². The monoisotopic (exact) mass is 356 g/mol. The highest BCUT2D eigenvalue weighted by Gasteiger charge is 2.36. The fourth-order valence-corrected chi connectivity index (χ4v) is 4.40. The van der Waals surface area contributed by atoms with Gasteiger partial charge in [-0.3, -0.25) is 9.69 Å². The Hall–Kier alpha value is -2.85. The Bertz CT molecular complexity index is 1020. The first-order valence-corrected chi connectivity index (χ1v) is 9.32. The summed E-state index contributed by atoms with van der Waals surface area (Å²) in [5, 5.41) is 19.3. The molecule has 0 spiro atoms. The van der Waals surface area contributed by atoms with Crippen molar-refractivity contribution < 1.29 is 18.3 Å². The van der Waals surface area contributed by atoms with Gasteiger partial charge in [0.05, 0.1) is 16.1 Å². The van der Waals surface area contributed by atoms with Crippen LogP contribution in [0.2, 0.25) is 0 Å². The maximum Gasteiger partial charge on any atom is 0.259 e. The lowest BCUT2D eigenvalue weighted by Gasteiger charge is -2.18. The minimum Gasteiger partial charge on any atom is -0.506 e. The first-order valence-electron chi connectivity index (χ1n) is 7.67. The van der Waals surface area contributed by atoms with Crippen LogP contribution in [0, 0.1) is 11.3 Å². The number of rotatable bonds is 2. The van der Waals surface area contributed by atoms with Gasteiger partial charge in [-0.2, -0.15) is 5.26 Å². The van der Waals surface area contributed by atoms with E-state index in [2.05, 4.69) is 0 Å². The summed E-state index contributed by atoms with van der Waals surface area (Å²) in [7, 11) is -3.57. The van der Waals surface area contributed by atoms with Gasteiger partial charge in [-0.05, 0) is 35.7 Å².